The summed E-state index contributed by atoms with van der Waals surface area (Å²) in [5.74, 6) is -1.22. The number of esters is 1. The van der Waals surface area contributed by atoms with Gasteiger partial charge in [-0.05, 0) is 83.5 Å². The van der Waals surface area contributed by atoms with Crippen LogP contribution >= 0.6 is 0 Å². The average Bonchev–Trinajstić information content (AvgIpc) is 3.37. The number of hydrogen-bond donors (Lipinski definition) is 6. The molecule has 1 heterocycles. The van der Waals surface area contributed by atoms with Crippen molar-refractivity contribution in [2.24, 2.45) is 0 Å². The van der Waals surface area contributed by atoms with Crippen LogP contribution in [0.1, 0.15) is 258 Å². The van der Waals surface area contributed by atoms with Gasteiger partial charge in [0.1, 0.15) is 24.4 Å². The van der Waals surface area contributed by atoms with Crippen LogP contribution < -0.4 is 5.32 Å². The van der Waals surface area contributed by atoms with Crippen molar-refractivity contribution in [1.29, 1.82) is 0 Å². The zero-order valence-corrected chi connectivity index (χ0v) is 45.6. The summed E-state index contributed by atoms with van der Waals surface area (Å²) in [6.07, 6.45) is 47.2. The van der Waals surface area contributed by atoms with Gasteiger partial charge < -0.3 is 45.1 Å². The molecular weight excluding hydrogens is 895 g/mol. The van der Waals surface area contributed by atoms with E-state index in [9.17, 15) is 35.1 Å². The fraction of sp³-hybridized carbons (Fsp3) is 0.833. The van der Waals surface area contributed by atoms with Gasteiger partial charge in [-0.15, -0.1) is 0 Å². The summed E-state index contributed by atoms with van der Waals surface area (Å²) >= 11 is 0. The molecule has 1 saturated heterocycles. The van der Waals surface area contributed by atoms with E-state index in [0.717, 1.165) is 77.0 Å². The van der Waals surface area contributed by atoms with Crippen molar-refractivity contribution in [2.45, 2.75) is 307 Å². The van der Waals surface area contributed by atoms with Gasteiger partial charge in [-0.1, -0.05) is 217 Å². The molecule has 0 aliphatic carbocycles. The van der Waals surface area contributed by atoms with Crippen LogP contribution in [0.2, 0.25) is 0 Å². The van der Waals surface area contributed by atoms with Crippen molar-refractivity contribution in [3.8, 4) is 0 Å². The van der Waals surface area contributed by atoms with Crippen LogP contribution in [0.3, 0.4) is 0 Å². The first-order chi connectivity index (χ1) is 34.7. The number of rotatable bonds is 49. The minimum absolute atomic E-state index is 0.113. The van der Waals surface area contributed by atoms with E-state index < -0.39 is 67.4 Å². The highest BCUT2D eigenvalue weighted by Gasteiger charge is 2.47. The van der Waals surface area contributed by atoms with Crippen LogP contribution in [-0.2, 0) is 23.8 Å². The van der Waals surface area contributed by atoms with Gasteiger partial charge in [-0.2, -0.15) is 0 Å². The Hall–Kier alpha value is -2.38. The second-order valence-electron chi connectivity index (χ2n) is 20.4. The number of aliphatic hydroxyl groups is 5. The fourth-order valence-electron chi connectivity index (χ4n) is 8.97. The second kappa shape index (κ2) is 48.6. The van der Waals surface area contributed by atoms with E-state index in [-0.39, 0.29) is 19.4 Å². The third kappa shape index (κ3) is 37.1. The Balaban J connectivity index is 2.73. The maximum atomic E-state index is 13.4. The zero-order valence-electron chi connectivity index (χ0n) is 45.6. The third-order valence-electron chi connectivity index (χ3n) is 13.7. The Kier molecular flexibility index (Phi) is 45.6. The van der Waals surface area contributed by atoms with Gasteiger partial charge in [0.25, 0.3) is 0 Å². The molecule has 1 fully saturated rings. The zero-order chi connectivity index (χ0) is 51.8. The lowest BCUT2D eigenvalue weighted by Gasteiger charge is -2.41. The first-order valence-corrected chi connectivity index (χ1v) is 29.4. The monoisotopic (exact) mass is 1000 g/mol. The SMILES string of the molecule is CCCCC/C=C\C/C=C\CCCCCCCCCC(=O)OC1C(OCC(NC(=O)C(O)CCCC/C=C\CCCCCCCC)C(O)/C=C/CCCCCCCCCCCCC)OC(CO)C(O)C1O. The van der Waals surface area contributed by atoms with Crippen LogP contribution in [-0.4, -0.2) is 99.6 Å². The maximum absolute atomic E-state index is 13.4. The van der Waals surface area contributed by atoms with E-state index in [0.29, 0.717) is 12.8 Å². The lowest BCUT2D eigenvalue weighted by Crippen LogP contribution is -2.61. The largest absolute Gasteiger partial charge is 0.454 e. The molecule has 8 unspecified atom stereocenters. The summed E-state index contributed by atoms with van der Waals surface area (Å²) in [5.41, 5.74) is 0. The molecule has 0 radical (unpaired) electrons. The van der Waals surface area contributed by atoms with Crippen LogP contribution in [0, 0.1) is 0 Å². The van der Waals surface area contributed by atoms with E-state index in [4.69, 9.17) is 14.2 Å². The molecule has 1 amide bonds. The van der Waals surface area contributed by atoms with Gasteiger partial charge in [-0.25, -0.2) is 0 Å². The Bertz CT molecular complexity index is 1340. The lowest BCUT2D eigenvalue weighted by molar-refractivity contribution is -0.305. The normalized spacial score (nSPS) is 19.9. The summed E-state index contributed by atoms with van der Waals surface area (Å²) in [5, 5.41) is 56.8. The van der Waals surface area contributed by atoms with Crippen LogP contribution in [0.25, 0.3) is 0 Å². The Labute approximate surface area is 434 Å². The summed E-state index contributed by atoms with van der Waals surface area (Å²) in [6, 6.07) is -1.03. The number of ether oxygens (including phenoxy) is 3. The van der Waals surface area contributed by atoms with Crippen molar-refractivity contribution < 1.29 is 49.3 Å². The molecule has 1 rings (SSSR count). The van der Waals surface area contributed by atoms with Gasteiger partial charge in [0.05, 0.1) is 25.4 Å². The smallest absolute Gasteiger partial charge is 0.306 e. The quantitative estimate of drug-likeness (QED) is 0.0195. The van der Waals surface area contributed by atoms with E-state index >= 15 is 0 Å². The van der Waals surface area contributed by atoms with Crippen molar-refractivity contribution in [2.75, 3.05) is 13.2 Å². The average molecular weight is 1000 g/mol. The number of carbonyl (C=O) groups is 2. The topological polar surface area (TPSA) is 175 Å². The van der Waals surface area contributed by atoms with Crippen LogP contribution in [0.15, 0.2) is 48.6 Å². The van der Waals surface area contributed by atoms with Crippen molar-refractivity contribution in [3.63, 3.8) is 0 Å². The molecule has 11 nitrogen and oxygen atoms in total. The van der Waals surface area contributed by atoms with Gasteiger partial charge in [-0.3, -0.25) is 9.59 Å². The van der Waals surface area contributed by atoms with Crippen molar-refractivity contribution in [1.82, 2.24) is 5.32 Å². The summed E-state index contributed by atoms with van der Waals surface area (Å²) in [4.78, 5) is 26.4. The molecule has 6 N–H and O–H groups in total. The molecule has 0 spiro atoms. The molecule has 0 aromatic rings. The lowest BCUT2D eigenvalue weighted by atomic mass is 9.99. The molecule has 0 aromatic heterocycles. The molecule has 71 heavy (non-hydrogen) atoms. The number of carbonyl (C=O) groups excluding carboxylic acids is 2. The van der Waals surface area contributed by atoms with Crippen LogP contribution in [0.5, 0.6) is 0 Å². The minimum atomic E-state index is -1.62. The van der Waals surface area contributed by atoms with Gasteiger partial charge >= 0.3 is 5.97 Å². The van der Waals surface area contributed by atoms with Gasteiger partial charge in [0.2, 0.25) is 5.91 Å². The highest BCUT2D eigenvalue weighted by Crippen LogP contribution is 2.26. The summed E-state index contributed by atoms with van der Waals surface area (Å²) in [6.45, 7) is 5.73. The number of unbranched alkanes of at least 4 members (excludes halogenated alkanes) is 29. The maximum Gasteiger partial charge on any atom is 0.306 e. The van der Waals surface area contributed by atoms with Crippen molar-refractivity contribution in [3.05, 3.63) is 48.6 Å². The number of nitrogens with one attached hydrogen (secondary N) is 1. The standard InChI is InChI=1S/C60H109NO10/c1-4-7-10-13-16-19-22-25-26-27-28-30-33-36-39-42-45-48-55(65)71-58-57(67)56(66)54(49-62)70-60(58)69-50-51(52(63)46-43-40-37-34-32-29-23-20-17-14-11-8-5-2)61-59(68)53(64)47-44-41-38-35-31-24-21-18-15-12-9-6-3/h16,19,25-26,31,35,43,46,51-54,56-58,60,62-64,66-67H,4-15,17-18,20-24,27-30,32-34,36-42,44-45,47-50H2,1-3H3,(H,61,68)/b19-16-,26-25-,35-31-,46-43+. The molecule has 0 saturated carbocycles. The minimum Gasteiger partial charge on any atom is -0.454 e. The van der Waals surface area contributed by atoms with E-state index in [2.05, 4.69) is 62.5 Å². The first kappa shape index (κ1) is 66.6. The second-order valence-corrected chi connectivity index (χ2v) is 20.4. The van der Waals surface area contributed by atoms with E-state index in [1.54, 1.807) is 6.08 Å². The molecule has 1 aliphatic heterocycles. The Morgan fingerprint density at radius 3 is 1.48 bits per heavy atom. The predicted octanol–water partition coefficient (Wildman–Crippen LogP) is 13.3. The highest BCUT2D eigenvalue weighted by molar-refractivity contribution is 5.80. The molecule has 1 aliphatic rings. The molecule has 0 aromatic carbocycles. The molecule has 414 valence electrons. The summed E-state index contributed by atoms with van der Waals surface area (Å²) < 4.78 is 17.6. The third-order valence-corrected chi connectivity index (χ3v) is 13.7. The first-order valence-electron chi connectivity index (χ1n) is 29.4. The van der Waals surface area contributed by atoms with Gasteiger partial charge in [0.15, 0.2) is 12.4 Å². The molecule has 0 bridgehead atoms. The molecule has 11 heteroatoms. The van der Waals surface area contributed by atoms with E-state index in [1.165, 1.54) is 135 Å². The molecular formula is C60H109NO10. The Morgan fingerprint density at radius 2 is 0.972 bits per heavy atom. The fourth-order valence-corrected chi connectivity index (χ4v) is 8.97. The number of allylic oxidation sites excluding steroid dienone is 7. The number of hydrogen-bond acceptors (Lipinski definition) is 10. The summed E-state index contributed by atoms with van der Waals surface area (Å²) in [7, 11) is 0. The number of aliphatic hydroxyl groups excluding tert-OH is 5. The predicted molar refractivity (Wildman–Crippen MR) is 292 cm³/mol. The van der Waals surface area contributed by atoms with Gasteiger partial charge in [0, 0.05) is 6.42 Å². The molecule has 8 atom stereocenters. The van der Waals surface area contributed by atoms with E-state index in [1.807, 2.05) is 6.08 Å². The van der Waals surface area contributed by atoms with Crippen molar-refractivity contribution >= 4 is 11.9 Å². The number of amides is 1. The highest BCUT2D eigenvalue weighted by atomic mass is 16.7. The van der Waals surface area contributed by atoms with Crippen LogP contribution in [0.4, 0.5) is 0 Å². The Morgan fingerprint density at radius 1 is 0.549 bits per heavy atom.